The third-order valence-electron chi connectivity index (χ3n) is 9.25. The topological polar surface area (TPSA) is 199 Å². The average Bonchev–Trinajstić information content (AvgIpc) is 3.28. The molecular formula is C44H47Cl3F2N8O8. The van der Waals surface area contributed by atoms with E-state index in [1.165, 1.54) is 55.4 Å². The monoisotopic (exact) mass is 958 g/mol. The molecule has 0 radical (unpaired) electrons. The lowest BCUT2D eigenvalue weighted by atomic mass is 10.1. The SMILES string of the molecule is C=CC[C@@H](CON(C=O)c1ccc(Cl)cn1)N(NCc1cccc(F)c1Cl)C(C)=O.CC(=O)N(NCc1cccc(F)c1Cl)[C@H](COC(=O)Nc1cc2ccccc2cn1)CC(O)CO. The largest absolute Gasteiger partial charge is 0.447 e. The lowest BCUT2D eigenvalue weighted by Crippen LogP contribution is -2.52. The van der Waals surface area contributed by atoms with Crippen LogP contribution in [0.25, 0.3) is 10.8 Å². The minimum absolute atomic E-state index is 0.00486. The van der Waals surface area contributed by atoms with E-state index in [1.807, 2.05) is 24.3 Å². The summed E-state index contributed by atoms with van der Waals surface area (Å²) in [5, 5.41) is 27.3. The van der Waals surface area contributed by atoms with Crippen molar-refractivity contribution in [3.8, 4) is 0 Å². The van der Waals surface area contributed by atoms with Crippen molar-refractivity contribution in [3.05, 3.63) is 142 Å². The van der Waals surface area contributed by atoms with Gasteiger partial charge in [0.2, 0.25) is 18.2 Å². The highest BCUT2D eigenvalue weighted by molar-refractivity contribution is 6.32. The number of hydrogen-bond donors (Lipinski definition) is 5. The molecule has 0 fully saturated rings. The van der Waals surface area contributed by atoms with Crippen LogP contribution in [0.1, 0.15) is 37.8 Å². The summed E-state index contributed by atoms with van der Waals surface area (Å²) >= 11 is 17.8. The van der Waals surface area contributed by atoms with Crippen molar-refractivity contribution in [2.45, 2.75) is 58.0 Å². The Balaban J connectivity index is 0.000000288. The Bertz CT molecular complexity index is 2390. The second kappa shape index (κ2) is 26.2. The van der Waals surface area contributed by atoms with Gasteiger partial charge in [-0.15, -0.1) is 6.58 Å². The highest BCUT2D eigenvalue weighted by Crippen LogP contribution is 2.22. The Kier molecular flexibility index (Phi) is 20.9. The molecule has 0 saturated heterocycles. The number of aliphatic hydroxyl groups excluding tert-OH is 2. The molecule has 0 bridgehead atoms. The maximum absolute atomic E-state index is 13.7. The van der Waals surface area contributed by atoms with Crippen molar-refractivity contribution in [2.24, 2.45) is 0 Å². The number of carbonyl (C=O) groups is 4. The first-order valence-corrected chi connectivity index (χ1v) is 20.9. The Morgan fingerprint density at radius 1 is 0.815 bits per heavy atom. The van der Waals surface area contributed by atoms with Crippen LogP contribution in [0, 0.1) is 11.6 Å². The van der Waals surface area contributed by atoms with Gasteiger partial charge in [-0.25, -0.2) is 34.4 Å². The second-order valence-corrected chi connectivity index (χ2v) is 15.2. The van der Waals surface area contributed by atoms with Crippen LogP contribution in [-0.4, -0.2) is 92.5 Å². The number of hydrazine groups is 2. The molecule has 16 nitrogen and oxygen atoms in total. The smallest absolute Gasteiger partial charge is 0.412 e. The summed E-state index contributed by atoms with van der Waals surface area (Å²) in [5.41, 5.74) is 6.68. The van der Waals surface area contributed by atoms with Crippen LogP contribution < -0.4 is 21.2 Å². The molecule has 3 atom stereocenters. The van der Waals surface area contributed by atoms with Gasteiger partial charge in [0.15, 0.2) is 5.82 Å². The van der Waals surface area contributed by atoms with Crippen molar-refractivity contribution in [1.29, 1.82) is 0 Å². The number of hydroxylamine groups is 1. The molecule has 2 aromatic heterocycles. The van der Waals surface area contributed by atoms with E-state index in [2.05, 4.69) is 32.7 Å². The standard InChI is InChI=1S/C24H26ClFN4O5.C20H21Cl2FN4O3/c1-15(32)30(28-12-18-7-4-8-21(26)23(18)25)19(10-20(33)13-31)14-35-24(34)29-22-9-16-5-2-3-6-17(16)11-27-22;1-3-5-17(12-30-26(13-28)19-9-8-16(21)11-24-19)27(14(2)29)25-10-15-6-4-7-18(23)20(15)22/h2-9,11,19-20,28,31,33H,10,12-14H2,1H3,(H,27,29,34);3-4,6-9,11,13,17,25H,1,5,10,12H2,2H3/t19-,20?;17-/m00/s1. The van der Waals surface area contributed by atoms with Gasteiger partial charge < -0.3 is 14.9 Å². The summed E-state index contributed by atoms with van der Waals surface area (Å²) < 4.78 is 32.7. The van der Waals surface area contributed by atoms with E-state index in [9.17, 15) is 38.2 Å². The number of hydrogen-bond acceptors (Lipinski definition) is 12. The van der Waals surface area contributed by atoms with Gasteiger partial charge in [-0.2, -0.15) is 5.06 Å². The van der Waals surface area contributed by atoms with E-state index >= 15 is 0 Å². The van der Waals surface area contributed by atoms with Gasteiger partial charge in [-0.3, -0.25) is 34.6 Å². The van der Waals surface area contributed by atoms with E-state index in [-0.39, 0.29) is 60.3 Å². The summed E-state index contributed by atoms with van der Waals surface area (Å²) in [4.78, 5) is 62.1. The average molecular weight is 960 g/mol. The number of anilines is 2. The molecule has 65 heavy (non-hydrogen) atoms. The zero-order valence-corrected chi connectivity index (χ0v) is 37.4. The fraction of sp³-hybridized carbons (Fsp3) is 0.273. The van der Waals surface area contributed by atoms with Crippen molar-refractivity contribution in [2.75, 3.05) is 30.2 Å². The number of amides is 4. The molecule has 0 spiro atoms. The van der Waals surface area contributed by atoms with Crippen LogP contribution in [0.3, 0.4) is 0 Å². The number of pyridine rings is 2. The van der Waals surface area contributed by atoms with Crippen molar-refractivity contribution in [3.63, 3.8) is 0 Å². The Morgan fingerprint density at radius 2 is 1.42 bits per heavy atom. The molecule has 5 rings (SSSR count). The fourth-order valence-corrected chi connectivity index (χ4v) is 6.56. The molecule has 0 saturated carbocycles. The van der Waals surface area contributed by atoms with Gasteiger partial charge in [0.05, 0.1) is 46.5 Å². The predicted octanol–water partition coefficient (Wildman–Crippen LogP) is 7.16. The first-order valence-electron chi connectivity index (χ1n) is 19.7. The number of aromatic nitrogens is 2. The van der Waals surface area contributed by atoms with Crippen LogP contribution in [0.15, 0.2) is 104 Å². The number of ether oxygens (including phenoxy) is 1. The van der Waals surface area contributed by atoms with Crippen LogP contribution in [0.5, 0.6) is 0 Å². The van der Waals surface area contributed by atoms with Crippen LogP contribution in [0.2, 0.25) is 15.1 Å². The zero-order chi connectivity index (χ0) is 47.5. The van der Waals surface area contributed by atoms with Crippen molar-refractivity contribution in [1.82, 2.24) is 30.8 Å². The number of benzene rings is 3. The van der Waals surface area contributed by atoms with Crippen LogP contribution in [-0.2, 0) is 37.0 Å². The highest BCUT2D eigenvalue weighted by Gasteiger charge is 2.27. The first-order chi connectivity index (χ1) is 31.1. The first kappa shape index (κ1) is 51.8. The third-order valence-corrected chi connectivity index (χ3v) is 10.3. The van der Waals surface area contributed by atoms with Crippen molar-refractivity contribution >= 4 is 81.5 Å². The lowest BCUT2D eigenvalue weighted by molar-refractivity contribution is -0.138. The molecule has 5 N–H and O–H groups in total. The second-order valence-electron chi connectivity index (χ2n) is 14.0. The number of fused-ring (bicyclic) bond motifs is 1. The molecule has 0 aliphatic heterocycles. The summed E-state index contributed by atoms with van der Waals surface area (Å²) in [5.74, 6) is -1.39. The molecule has 4 amide bonds. The number of nitrogens with zero attached hydrogens (tertiary/aromatic N) is 5. The lowest BCUT2D eigenvalue weighted by Gasteiger charge is -2.32. The molecule has 346 valence electrons. The Morgan fingerprint density at radius 3 is 1.95 bits per heavy atom. The van der Waals surface area contributed by atoms with E-state index in [1.54, 1.807) is 36.5 Å². The predicted molar refractivity (Wildman–Crippen MR) is 242 cm³/mol. The molecule has 21 heteroatoms. The molecule has 3 aromatic carbocycles. The Labute approximate surface area is 388 Å². The van der Waals surface area contributed by atoms with Gasteiger partial charge >= 0.3 is 6.09 Å². The number of aliphatic hydroxyl groups is 2. The summed E-state index contributed by atoms with van der Waals surface area (Å²) in [7, 11) is 0. The minimum Gasteiger partial charge on any atom is -0.447 e. The van der Waals surface area contributed by atoms with E-state index in [4.69, 9.17) is 44.4 Å². The molecule has 5 aromatic rings. The fourth-order valence-electron chi connectivity index (χ4n) is 6.06. The molecule has 0 aliphatic rings. The molecular weight excluding hydrogens is 913 g/mol. The summed E-state index contributed by atoms with van der Waals surface area (Å²) in [6.45, 7) is 5.55. The summed E-state index contributed by atoms with van der Waals surface area (Å²) in [6.07, 6.45) is 3.36. The molecule has 1 unspecified atom stereocenters. The van der Waals surface area contributed by atoms with E-state index < -0.39 is 48.4 Å². The highest BCUT2D eigenvalue weighted by atomic mass is 35.5. The quantitative estimate of drug-likeness (QED) is 0.0283. The van der Waals surface area contributed by atoms with Gasteiger partial charge in [0.1, 0.15) is 24.1 Å². The Hall–Kier alpha value is -5.83. The molecule has 2 heterocycles. The number of rotatable bonds is 21. The maximum Gasteiger partial charge on any atom is 0.412 e. The maximum atomic E-state index is 13.7. The van der Waals surface area contributed by atoms with Gasteiger partial charge in [-0.1, -0.05) is 89.4 Å². The van der Waals surface area contributed by atoms with Crippen LogP contribution >= 0.6 is 34.8 Å². The normalized spacial score (nSPS) is 12.2. The number of halogens is 5. The van der Waals surface area contributed by atoms with E-state index in [0.29, 0.717) is 29.0 Å². The number of nitrogens with one attached hydrogen (secondary N) is 3. The van der Waals surface area contributed by atoms with Crippen LogP contribution in [0.4, 0.5) is 25.2 Å². The minimum atomic E-state index is -1.17. The van der Waals surface area contributed by atoms with Gasteiger partial charge in [0.25, 0.3) is 0 Å². The van der Waals surface area contributed by atoms with Crippen molar-refractivity contribution < 1.29 is 47.7 Å². The van der Waals surface area contributed by atoms with Gasteiger partial charge in [-0.05, 0) is 53.3 Å². The van der Waals surface area contributed by atoms with E-state index in [0.717, 1.165) is 20.8 Å². The molecule has 0 aliphatic carbocycles. The summed E-state index contributed by atoms with van der Waals surface area (Å²) in [6, 6.07) is 19.6. The third kappa shape index (κ3) is 16.0. The van der Waals surface area contributed by atoms with Gasteiger partial charge in [0, 0.05) is 51.1 Å². The zero-order valence-electron chi connectivity index (χ0n) is 35.2. The number of carbonyl (C=O) groups excluding carboxylic acids is 4.